The SMILES string of the molecule is NC(=O)/C=C/c1cc(-c2cccc(F)c2)ccc1-c1cccc(OCc2ccccc2)c1. The molecule has 0 heterocycles. The van der Waals surface area contributed by atoms with Gasteiger partial charge < -0.3 is 10.5 Å². The van der Waals surface area contributed by atoms with E-state index in [1.165, 1.54) is 18.2 Å². The minimum atomic E-state index is -0.535. The van der Waals surface area contributed by atoms with Crippen LogP contribution in [0.2, 0.25) is 0 Å². The molecule has 0 fully saturated rings. The van der Waals surface area contributed by atoms with E-state index in [0.717, 1.165) is 39.1 Å². The molecule has 4 rings (SSSR count). The monoisotopic (exact) mass is 423 g/mol. The number of halogens is 1. The first-order chi connectivity index (χ1) is 15.6. The zero-order chi connectivity index (χ0) is 22.3. The predicted molar refractivity (Wildman–Crippen MR) is 126 cm³/mol. The summed E-state index contributed by atoms with van der Waals surface area (Å²) in [5.41, 5.74) is 10.6. The number of ether oxygens (including phenoxy) is 1. The zero-order valence-corrected chi connectivity index (χ0v) is 17.4. The van der Waals surface area contributed by atoms with E-state index >= 15 is 0 Å². The van der Waals surface area contributed by atoms with Crippen LogP contribution in [0.3, 0.4) is 0 Å². The van der Waals surface area contributed by atoms with Gasteiger partial charge in [0.15, 0.2) is 0 Å². The van der Waals surface area contributed by atoms with Gasteiger partial charge in [-0.1, -0.05) is 66.7 Å². The highest BCUT2D eigenvalue weighted by atomic mass is 19.1. The van der Waals surface area contributed by atoms with Gasteiger partial charge in [0.2, 0.25) is 5.91 Å². The quantitative estimate of drug-likeness (QED) is 0.358. The molecule has 4 aromatic rings. The Kier molecular flexibility index (Phi) is 6.42. The van der Waals surface area contributed by atoms with Crippen molar-refractivity contribution in [2.24, 2.45) is 5.73 Å². The van der Waals surface area contributed by atoms with Crippen molar-refractivity contribution in [1.29, 1.82) is 0 Å². The summed E-state index contributed by atoms with van der Waals surface area (Å²) in [6.45, 7) is 0.469. The number of amides is 1. The van der Waals surface area contributed by atoms with Crippen molar-refractivity contribution in [1.82, 2.24) is 0 Å². The third-order valence-corrected chi connectivity index (χ3v) is 5.03. The average Bonchev–Trinajstić information content (AvgIpc) is 2.82. The van der Waals surface area contributed by atoms with Gasteiger partial charge in [0.25, 0.3) is 0 Å². The standard InChI is InChI=1S/C28H22FNO2/c29-25-10-4-8-21(17-25)22-12-14-27(24(16-22)13-15-28(30)31)23-9-5-11-26(18-23)32-19-20-6-2-1-3-7-20/h1-18H,19H2,(H2,30,31)/b15-13+. The van der Waals surface area contributed by atoms with E-state index in [2.05, 4.69) is 0 Å². The van der Waals surface area contributed by atoms with E-state index < -0.39 is 5.91 Å². The molecule has 0 radical (unpaired) electrons. The molecule has 0 saturated carbocycles. The van der Waals surface area contributed by atoms with Crippen molar-refractivity contribution in [2.45, 2.75) is 6.61 Å². The number of carbonyl (C=O) groups is 1. The Bertz CT molecular complexity index is 1270. The molecule has 158 valence electrons. The Labute approximate surface area is 186 Å². The molecule has 0 aliphatic carbocycles. The largest absolute Gasteiger partial charge is 0.489 e. The molecular formula is C28H22FNO2. The summed E-state index contributed by atoms with van der Waals surface area (Å²) in [5, 5.41) is 0. The summed E-state index contributed by atoms with van der Waals surface area (Å²) in [7, 11) is 0. The highest BCUT2D eigenvalue weighted by Gasteiger charge is 2.08. The summed E-state index contributed by atoms with van der Waals surface area (Å²) >= 11 is 0. The van der Waals surface area contributed by atoms with Crippen LogP contribution < -0.4 is 10.5 Å². The minimum absolute atomic E-state index is 0.302. The van der Waals surface area contributed by atoms with Gasteiger partial charge >= 0.3 is 0 Å². The lowest BCUT2D eigenvalue weighted by molar-refractivity contribution is -0.113. The van der Waals surface area contributed by atoms with Crippen LogP contribution in [0.15, 0.2) is 103 Å². The Morgan fingerprint density at radius 2 is 1.56 bits per heavy atom. The van der Waals surface area contributed by atoms with Crippen molar-refractivity contribution >= 4 is 12.0 Å². The van der Waals surface area contributed by atoms with Gasteiger partial charge in [-0.25, -0.2) is 4.39 Å². The van der Waals surface area contributed by atoms with Crippen LogP contribution in [-0.2, 0) is 11.4 Å². The summed E-state index contributed by atoms with van der Waals surface area (Å²) in [5.74, 6) is -0.0958. The number of benzene rings is 4. The summed E-state index contributed by atoms with van der Waals surface area (Å²) < 4.78 is 19.7. The van der Waals surface area contributed by atoms with Gasteiger partial charge in [-0.3, -0.25) is 4.79 Å². The molecule has 0 aromatic heterocycles. The third-order valence-electron chi connectivity index (χ3n) is 5.03. The number of nitrogens with two attached hydrogens (primary N) is 1. The van der Waals surface area contributed by atoms with Crippen molar-refractivity contribution in [2.75, 3.05) is 0 Å². The lowest BCUT2D eigenvalue weighted by Crippen LogP contribution is -2.05. The Hall–Kier alpha value is -4.18. The number of hydrogen-bond donors (Lipinski definition) is 1. The first-order valence-corrected chi connectivity index (χ1v) is 10.2. The van der Waals surface area contributed by atoms with Crippen LogP contribution in [0, 0.1) is 5.82 Å². The second kappa shape index (κ2) is 9.75. The molecule has 32 heavy (non-hydrogen) atoms. The van der Waals surface area contributed by atoms with Gasteiger partial charge in [-0.15, -0.1) is 0 Å². The van der Waals surface area contributed by atoms with E-state index in [0.29, 0.717) is 6.61 Å². The second-order valence-corrected chi connectivity index (χ2v) is 7.35. The summed E-state index contributed by atoms with van der Waals surface area (Å²) in [4.78, 5) is 11.4. The number of rotatable bonds is 7. The van der Waals surface area contributed by atoms with Crippen molar-refractivity contribution < 1.29 is 13.9 Å². The summed E-state index contributed by atoms with van der Waals surface area (Å²) in [6, 6.07) is 30.0. The van der Waals surface area contributed by atoms with Gasteiger partial charge in [-0.05, 0) is 69.8 Å². The first-order valence-electron chi connectivity index (χ1n) is 10.2. The van der Waals surface area contributed by atoms with Crippen molar-refractivity contribution in [3.05, 3.63) is 120 Å². The summed E-state index contributed by atoms with van der Waals surface area (Å²) in [6.07, 6.45) is 3.00. The molecule has 2 N–H and O–H groups in total. The number of primary amides is 1. The fraction of sp³-hybridized carbons (Fsp3) is 0.0357. The molecule has 0 atom stereocenters. The van der Waals surface area contributed by atoms with Crippen LogP contribution in [0.4, 0.5) is 4.39 Å². The average molecular weight is 423 g/mol. The lowest BCUT2D eigenvalue weighted by Gasteiger charge is -2.12. The molecule has 4 heteroatoms. The molecular weight excluding hydrogens is 401 g/mol. The number of carbonyl (C=O) groups excluding carboxylic acids is 1. The highest BCUT2D eigenvalue weighted by Crippen LogP contribution is 2.32. The first kappa shape index (κ1) is 21.1. The van der Waals surface area contributed by atoms with Gasteiger partial charge in [0, 0.05) is 6.08 Å². The molecule has 0 bridgehead atoms. The molecule has 3 nitrogen and oxygen atoms in total. The van der Waals surface area contributed by atoms with Gasteiger partial charge in [0.05, 0.1) is 0 Å². The molecule has 0 spiro atoms. The molecule has 0 saturated heterocycles. The normalized spacial score (nSPS) is 10.9. The second-order valence-electron chi connectivity index (χ2n) is 7.35. The molecule has 0 aliphatic heterocycles. The van der Waals surface area contributed by atoms with E-state index in [9.17, 15) is 9.18 Å². The van der Waals surface area contributed by atoms with Gasteiger partial charge in [0.1, 0.15) is 18.2 Å². The van der Waals surface area contributed by atoms with E-state index in [-0.39, 0.29) is 5.82 Å². The van der Waals surface area contributed by atoms with Crippen LogP contribution in [0.25, 0.3) is 28.3 Å². The Balaban J connectivity index is 1.68. The van der Waals surface area contributed by atoms with Gasteiger partial charge in [-0.2, -0.15) is 0 Å². The van der Waals surface area contributed by atoms with Crippen LogP contribution in [-0.4, -0.2) is 5.91 Å². The van der Waals surface area contributed by atoms with Crippen LogP contribution in [0.5, 0.6) is 5.75 Å². The predicted octanol–water partition coefficient (Wildman–Crippen LogP) is 6.24. The Morgan fingerprint density at radius 3 is 2.34 bits per heavy atom. The lowest BCUT2D eigenvalue weighted by atomic mass is 9.94. The smallest absolute Gasteiger partial charge is 0.241 e. The Morgan fingerprint density at radius 1 is 0.812 bits per heavy atom. The van der Waals surface area contributed by atoms with E-state index in [1.54, 1.807) is 12.1 Å². The maximum Gasteiger partial charge on any atom is 0.241 e. The van der Waals surface area contributed by atoms with E-state index in [4.69, 9.17) is 10.5 Å². The van der Waals surface area contributed by atoms with Crippen molar-refractivity contribution in [3.63, 3.8) is 0 Å². The highest BCUT2D eigenvalue weighted by molar-refractivity contribution is 5.92. The molecule has 1 amide bonds. The topological polar surface area (TPSA) is 52.3 Å². The fourth-order valence-electron chi connectivity index (χ4n) is 3.48. The maximum atomic E-state index is 13.7. The van der Waals surface area contributed by atoms with Crippen molar-refractivity contribution in [3.8, 4) is 28.0 Å². The third kappa shape index (κ3) is 5.29. The molecule has 0 aliphatic rings. The minimum Gasteiger partial charge on any atom is -0.489 e. The number of hydrogen-bond acceptors (Lipinski definition) is 2. The fourth-order valence-corrected chi connectivity index (χ4v) is 3.48. The van der Waals surface area contributed by atoms with Crippen LogP contribution >= 0.6 is 0 Å². The molecule has 0 unspecified atom stereocenters. The zero-order valence-electron chi connectivity index (χ0n) is 17.4. The van der Waals surface area contributed by atoms with E-state index in [1.807, 2.05) is 78.9 Å². The van der Waals surface area contributed by atoms with Crippen LogP contribution in [0.1, 0.15) is 11.1 Å². The maximum absolute atomic E-state index is 13.7. The molecule has 4 aromatic carbocycles.